The van der Waals surface area contributed by atoms with Crippen LogP contribution in [0.25, 0.3) is 0 Å². The maximum atomic E-state index is 12.2. The number of nitrogens with zero attached hydrogens (tertiary/aromatic N) is 1. The van der Waals surface area contributed by atoms with E-state index >= 15 is 0 Å². The largest absolute Gasteiger partial charge is 0.494 e. The first-order valence-electron chi connectivity index (χ1n) is 10.5. The van der Waals surface area contributed by atoms with Crippen molar-refractivity contribution >= 4 is 23.2 Å². The molecule has 1 aliphatic heterocycles. The number of amides is 1. The summed E-state index contributed by atoms with van der Waals surface area (Å²) in [6.45, 7) is 7.11. The smallest absolute Gasteiger partial charge is 0.220 e. The fraction of sp³-hybridized carbons (Fsp3) is 0.458. The minimum atomic E-state index is -0.00554. The molecule has 2 atom stereocenters. The van der Waals surface area contributed by atoms with Crippen molar-refractivity contribution in [1.82, 2.24) is 5.32 Å². The molecule has 0 bridgehead atoms. The van der Waals surface area contributed by atoms with Crippen LogP contribution in [0.1, 0.15) is 51.1 Å². The highest BCUT2D eigenvalue weighted by Crippen LogP contribution is 2.24. The van der Waals surface area contributed by atoms with Gasteiger partial charge in [-0.15, -0.1) is 0 Å². The van der Waals surface area contributed by atoms with E-state index in [1.165, 1.54) is 18.5 Å². The summed E-state index contributed by atoms with van der Waals surface area (Å²) in [6.07, 6.45) is 3.70. The van der Waals surface area contributed by atoms with Crippen LogP contribution in [-0.2, 0) is 4.79 Å². The first kappa shape index (κ1) is 21.5. The van der Waals surface area contributed by atoms with Crippen molar-refractivity contribution in [3.63, 3.8) is 0 Å². The van der Waals surface area contributed by atoms with Gasteiger partial charge in [0.1, 0.15) is 5.75 Å². The quantitative estimate of drug-likeness (QED) is 0.570. The summed E-state index contributed by atoms with van der Waals surface area (Å²) < 4.78 is 5.64. The number of benzene rings is 2. The zero-order valence-corrected chi connectivity index (χ0v) is 18.1. The number of carbonyl (C=O) groups excluding carboxylic acids is 1. The molecule has 1 saturated heterocycles. The highest BCUT2D eigenvalue weighted by atomic mass is 35.5. The number of halogens is 1. The Hall–Kier alpha value is -2.20. The van der Waals surface area contributed by atoms with Crippen molar-refractivity contribution < 1.29 is 9.53 Å². The fourth-order valence-electron chi connectivity index (χ4n) is 3.75. The number of ether oxygens (including phenoxy) is 1. The van der Waals surface area contributed by atoms with Crippen LogP contribution in [0.2, 0.25) is 5.02 Å². The van der Waals surface area contributed by atoms with E-state index < -0.39 is 0 Å². The molecule has 1 N–H and O–H groups in total. The number of nitrogens with one attached hydrogen (secondary N) is 1. The SMILES string of the molecule is C[C@H]1CCCN(c2ccc([C@H](C)NC(=O)CCCOc3ccc(Cl)cc3)cc2)C1. The van der Waals surface area contributed by atoms with Crippen LogP contribution in [0.4, 0.5) is 5.69 Å². The molecule has 3 rings (SSSR count). The molecule has 1 amide bonds. The normalized spacial score (nSPS) is 17.6. The monoisotopic (exact) mass is 414 g/mol. The summed E-state index contributed by atoms with van der Waals surface area (Å²) in [5, 5.41) is 3.77. The van der Waals surface area contributed by atoms with Gasteiger partial charge in [0.25, 0.3) is 0 Å². The summed E-state index contributed by atoms with van der Waals surface area (Å²) in [5.74, 6) is 1.57. The van der Waals surface area contributed by atoms with Gasteiger partial charge in [-0.3, -0.25) is 4.79 Å². The zero-order valence-electron chi connectivity index (χ0n) is 17.4. The Morgan fingerprint density at radius 1 is 1.21 bits per heavy atom. The average molecular weight is 415 g/mol. The number of hydrogen-bond acceptors (Lipinski definition) is 3. The van der Waals surface area contributed by atoms with E-state index in [0.29, 0.717) is 24.5 Å². The molecule has 0 spiro atoms. The van der Waals surface area contributed by atoms with Crippen LogP contribution in [-0.4, -0.2) is 25.6 Å². The molecule has 2 aromatic carbocycles. The van der Waals surface area contributed by atoms with E-state index in [4.69, 9.17) is 16.3 Å². The molecule has 5 heteroatoms. The average Bonchev–Trinajstić information content (AvgIpc) is 2.72. The topological polar surface area (TPSA) is 41.6 Å². The molecule has 0 unspecified atom stereocenters. The Balaban J connectivity index is 1.40. The lowest BCUT2D eigenvalue weighted by atomic mass is 9.99. The minimum Gasteiger partial charge on any atom is -0.494 e. The van der Waals surface area contributed by atoms with E-state index in [1.807, 2.05) is 19.1 Å². The minimum absolute atomic E-state index is 0.00554. The Bertz CT molecular complexity index is 776. The van der Waals surface area contributed by atoms with Crippen molar-refractivity contribution in [2.75, 3.05) is 24.6 Å². The summed E-state index contributed by atoms with van der Waals surface area (Å²) >= 11 is 5.86. The predicted molar refractivity (Wildman–Crippen MR) is 120 cm³/mol. The van der Waals surface area contributed by atoms with Crippen LogP contribution in [0.5, 0.6) is 5.75 Å². The third kappa shape index (κ3) is 6.67. The lowest BCUT2D eigenvalue weighted by molar-refractivity contribution is -0.121. The molecule has 4 nitrogen and oxygen atoms in total. The first-order valence-corrected chi connectivity index (χ1v) is 10.9. The van der Waals surface area contributed by atoms with E-state index in [-0.39, 0.29) is 11.9 Å². The van der Waals surface area contributed by atoms with Gasteiger partial charge in [0.15, 0.2) is 0 Å². The Kier molecular flexibility index (Phi) is 7.82. The molecule has 2 aromatic rings. The van der Waals surface area contributed by atoms with Gasteiger partial charge in [-0.2, -0.15) is 0 Å². The van der Waals surface area contributed by atoms with Crippen molar-refractivity contribution in [3.8, 4) is 5.75 Å². The lowest BCUT2D eigenvalue weighted by Gasteiger charge is -2.33. The van der Waals surface area contributed by atoms with Gasteiger partial charge >= 0.3 is 0 Å². The van der Waals surface area contributed by atoms with E-state index in [1.54, 1.807) is 12.1 Å². The number of piperidine rings is 1. The number of anilines is 1. The second-order valence-electron chi connectivity index (χ2n) is 7.98. The maximum absolute atomic E-state index is 12.2. The van der Waals surface area contributed by atoms with Gasteiger partial charge in [0.2, 0.25) is 5.91 Å². The molecule has 0 aromatic heterocycles. The van der Waals surface area contributed by atoms with Gasteiger partial charge in [-0.1, -0.05) is 30.7 Å². The molecule has 0 saturated carbocycles. The first-order chi connectivity index (χ1) is 14.0. The van der Waals surface area contributed by atoms with Crippen LogP contribution >= 0.6 is 11.6 Å². The Labute approximate surface area is 179 Å². The van der Waals surface area contributed by atoms with E-state index in [2.05, 4.69) is 41.4 Å². The maximum Gasteiger partial charge on any atom is 0.220 e. The van der Waals surface area contributed by atoms with E-state index in [9.17, 15) is 4.79 Å². The molecular formula is C24H31ClN2O2. The number of hydrogen-bond donors (Lipinski definition) is 1. The van der Waals surface area contributed by atoms with Gasteiger partial charge in [0.05, 0.1) is 12.6 Å². The summed E-state index contributed by atoms with van der Waals surface area (Å²) in [4.78, 5) is 14.7. The van der Waals surface area contributed by atoms with Gasteiger partial charge in [-0.25, -0.2) is 0 Å². The van der Waals surface area contributed by atoms with E-state index in [0.717, 1.165) is 30.3 Å². The lowest BCUT2D eigenvalue weighted by Crippen LogP contribution is -2.34. The van der Waals surface area contributed by atoms with Gasteiger partial charge in [-0.05, 0) is 74.1 Å². The van der Waals surface area contributed by atoms with Crippen LogP contribution in [0, 0.1) is 5.92 Å². The van der Waals surface area contributed by atoms with Gasteiger partial charge in [0, 0.05) is 30.2 Å². The highest BCUT2D eigenvalue weighted by Gasteiger charge is 2.17. The van der Waals surface area contributed by atoms with Crippen molar-refractivity contribution in [2.24, 2.45) is 5.92 Å². The molecule has 29 heavy (non-hydrogen) atoms. The molecule has 156 valence electrons. The Morgan fingerprint density at radius 3 is 2.62 bits per heavy atom. The van der Waals surface area contributed by atoms with Gasteiger partial charge < -0.3 is 15.0 Å². The molecule has 1 heterocycles. The fourth-order valence-corrected chi connectivity index (χ4v) is 3.87. The second-order valence-corrected chi connectivity index (χ2v) is 8.42. The highest BCUT2D eigenvalue weighted by molar-refractivity contribution is 6.30. The summed E-state index contributed by atoms with van der Waals surface area (Å²) in [7, 11) is 0. The summed E-state index contributed by atoms with van der Waals surface area (Å²) in [6, 6.07) is 15.9. The predicted octanol–water partition coefficient (Wildman–Crippen LogP) is 5.61. The third-order valence-electron chi connectivity index (χ3n) is 5.42. The number of rotatable bonds is 8. The van der Waals surface area contributed by atoms with Crippen molar-refractivity contribution in [3.05, 3.63) is 59.1 Å². The summed E-state index contributed by atoms with van der Waals surface area (Å²) in [5.41, 5.74) is 2.41. The van der Waals surface area contributed by atoms with Crippen LogP contribution < -0.4 is 15.0 Å². The molecule has 1 fully saturated rings. The van der Waals surface area contributed by atoms with Crippen molar-refractivity contribution in [1.29, 1.82) is 0 Å². The Morgan fingerprint density at radius 2 is 1.93 bits per heavy atom. The second kappa shape index (κ2) is 10.5. The molecule has 1 aliphatic rings. The van der Waals surface area contributed by atoms with Crippen LogP contribution in [0.3, 0.4) is 0 Å². The zero-order chi connectivity index (χ0) is 20.6. The molecular weight excluding hydrogens is 384 g/mol. The van der Waals surface area contributed by atoms with Crippen LogP contribution in [0.15, 0.2) is 48.5 Å². The molecule has 0 aliphatic carbocycles. The molecule has 0 radical (unpaired) electrons. The third-order valence-corrected chi connectivity index (χ3v) is 5.68. The standard InChI is InChI=1S/C24H31ClN2O2/c1-18-5-3-15-27(17-18)22-11-7-20(8-12-22)19(2)26-24(28)6-4-16-29-23-13-9-21(25)10-14-23/h7-14,18-19H,3-6,15-17H2,1-2H3,(H,26,28)/t18-,19-/m0/s1. The number of carbonyl (C=O) groups is 1. The van der Waals surface area contributed by atoms with Crippen molar-refractivity contribution in [2.45, 2.75) is 45.6 Å².